The van der Waals surface area contributed by atoms with Crippen LogP contribution in [-0.2, 0) is 13.0 Å². The maximum atomic E-state index is 6.10. The van der Waals surface area contributed by atoms with Crippen molar-refractivity contribution >= 4 is 5.96 Å². The molecule has 0 radical (unpaired) electrons. The van der Waals surface area contributed by atoms with Gasteiger partial charge in [0.2, 0.25) is 0 Å². The Morgan fingerprint density at radius 1 is 1.33 bits per heavy atom. The third kappa shape index (κ3) is 3.25. The Morgan fingerprint density at radius 3 is 2.78 bits per heavy atom. The summed E-state index contributed by atoms with van der Waals surface area (Å²) in [6.07, 6.45) is 2.29. The molecule has 1 aromatic carbocycles. The molecule has 1 aromatic rings. The molecule has 0 unspecified atom stereocenters. The van der Waals surface area contributed by atoms with Crippen molar-refractivity contribution in [3.8, 4) is 0 Å². The van der Waals surface area contributed by atoms with Crippen LogP contribution in [0.4, 0.5) is 0 Å². The molecule has 98 valence electrons. The van der Waals surface area contributed by atoms with E-state index in [-0.39, 0.29) is 0 Å². The molecule has 2 rings (SSSR count). The number of hydrogen-bond donors (Lipinski definition) is 1. The van der Waals surface area contributed by atoms with Gasteiger partial charge in [0.1, 0.15) is 0 Å². The van der Waals surface area contributed by atoms with Gasteiger partial charge in [0.15, 0.2) is 5.96 Å². The van der Waals surface area contributed by atoms with Crippen LogP contribution in [-0.4, -0.2) is 23.9 Å². The molecule has 1 aliphatic heterocycles. The summed E-state index contributed by atoms with van der Waals surface area (Å²) in [6.45, 7) is 7.03. The lowest BCUT2D eigenvalue weighted by molar-refractivity contribution is 0.410. The van der Waals surface area contributed by atoms with Crippen molar-refractivity contribution in [1.82, 2.24) is 4.90 Å². The van der Waals surface area contributed by atoms with Gasteiger partial charge in [-0.05, 0) is 29.9 Å². The van der Waals surface area contributed by atoms with E-state index >= 15 is 0 Å². The second kappa shape index (κ2) is 5.89. The Labute approximate surface area is 110 Å². The monoisotopic (exact) mass is 245 g/mol. The first-order valence-electron chi connectivity index (χ1n) is 6.78. The summed E-state index contributed by atoms with van der Waals surface area (Å²) in [7, 11) is 0. The molecule has 1 heterocycles. The van der Waals surface area contributed by atoms with Crippen molar-refractivity contribution in [3.63, 3.8) is 0 Å². The summed E-state index contributed by atoms with van der Waals surface area (Å²) in [4.78, 5) is 6.68. The molecule has 3 heteroatoms. The van der Waals surface area contributed by atoms with E-state index in [2.05, 4.69) is 48.0 Å². The van der Waals surface area contributed by atoms with E-state index in [1.807, 2.05) is 0 Å². The van der Waals surface area contributed by atoms with Crippen LogP contribution < -0.4 is 5.73 Å². The summed E-state index contributed by atoms with van der Waals surface area (Å²) < 4.78 is 0. The van der Waals surface area contributed by atoms with Gasteiger partial charge in [-0.2, -0.15) is 0 Å². The summed E-state index contributed by atoms with van der Waals surface area (Å²) in [6, 6.07) is 8.64. The van der Waals surface area contributed by atoms with Crippen LogP contribution in [0.15, 0.2) is 29.3 Å². The standard InChI is InChI=1S/C15H23N3/c1-12(2)10-17-15(16)18-9-5-8-13-6-3-4-7-14(13)11-18/h3-4,6-7,12H,5,8-11H2,1-2H3,(H2,16,17). The number of nitrogens with two attached hydrogens (primary N) is 1. The first-order chi connectivity index (χ1) is 8.66. The highest BCUT2D eigenvalue weighted by Crippen LogP contribution is 2.18. The van der Waals surface area contributed by atoms with Gasteiger partial charge in [-0.1, -0.05) is 38.1 Å². The van der Waals surface area contributed by atoms with Crippen LogP contribution in [0.2, 0.25) is 0 Å². The topological polar surface area (TPSA) is 41.6 Å². The van der Waals surface area contributed by atoms with E-state index in [1.165, 1.54) is 11.1 Å². The van der Waals surface area contributed by atoms with Crippen molar-refractivity contribution in [2.75, 3.05) is 13.1 Å². The van der Waals surface area contributed by atoms with Crippen LogP contribution in [0.25, 0.3) is 0 Å². The molecule has 2 N–H and O–H groups in total. The fraction of sp³-hybridized carbons (Fsp3) is 0.533. The Bertz CT molecular complexity index is 424. The van der Waals surface area contributed by atoms with Gasteiger partial charge in [0.05, 0.1) is 0 Å². The third-order valence-corrected chi connectivity index (χ3v) is 3.30. The van der Waals surface area contributed by atoms with Crippen LogP contribution in [0.1, 0.15) is 31.4 Å². The average molecular weight is 245 g/mol. The van der Waals surface area contributed by atoms with Crippen LogP contribution in [0.5, 0.6) is 0 Å². The number of fused-ring (bicyclic) bond motifs is 1. The zero-order valence-corrected chi connectivity index (χ0v) is 11.4. The predicted molar refractivity (Wildman–Crippen MR) is 76.5 cm³/mol. The number of aryl methyl sites for hydroxylation is 1. The van der Waals surface area contributed by atoms with Gasteiger partial charge >= 0.3 is 0 Å². The number of hydrogen-bond acceptors (Lipinski definition) is 1. The molecule has 0 saturated heterocycles. The lowest BCUT2D eigenvalue weighted by Gasteiger charge is -2.22. The number of nitrogens with zero attached hydrogens (tertiary/aromatic N) is 2. The van der Waals surface area contributed by atoms with Crippen molar-refractivity contribution in [3.05, 3.63) is 35.4 Å². The smallest absolute Gasteiger partial charge is 0.191 e. The van der Waals surface area contributed by atoms with Crippen molar-refractivity contribution in [2.45, 2.75) is 33.2 Å². The average Bonchev–Trinajstić information content (AvgIpc) is 2.57. The molecule has 0 aliphatic carbocycles. The molecule has 1 aliphatic rings. The summed E-state index contributed by atoms with van der Waals surface area (Å²) >= 11 is 0. The Hall–Kier alpha value is -1.51. The first kappa shape index (κ1) is 12.9. The predicted octanol–water partition coefficient (Wildman–Crippen LogP) is 2.41. The summed E-state index contributed by atoms with van der Waals surface area (Å²) in [5.41, 5.74) is 8.94. The van der Waals surface area contributed by atoms with E-state index in [0.29, 0.717) is 11.9 Å². The fourth-order valence-electron chi connectivity index (χ4n) is 2.27. The Morgan fingerprint density at radius 2 is 2.06 bits per heavy atom. The van der Waals surface area contributed by atoms with Crippen LogP contribution in [0, 0.1) is 5.92 Å². The second-order valence-corrected chi connectivity index (χ2v) is 5.39. The normalized spacial score (nSPS) is 16.6. The maximum Gasteiger partial charge on any atom is 0.191 e. The molecule has 0 atom stereocenters. The molecule has 0 fully saturated rings. The molecule has 0 saturated carbocycles. The summed E-state index contributed by atoms with van der Waals surface area (Å²) in [5, 5.41) is 0. The van der Waals surface area contributed by atoms with Gasteiger partial charge in [0.25, 0.3) is 0 Å². The van der Waals surface area contributed by atoms with E-state index in [9.17, 15) is 0 Å². The Balaban J connectivity index is 2.10. The third-order valence-electron chi connectivity index (χ3n) is 3.30. The number of guanidine groups is 1. The minimum atomic E-state index is 0.558. The van der Waals surface area contributed by atoms with Gasteiger partial charge < -0.3 is 10.6 Å². The minimum Gasteiger partial charge on any atom is -0.370 e. The molecule has 0 amide bonds. The quantitative estimate of drug-likeness (QED) is 0.642. The SMILES string of the molecule is CC(C)CN=C(N)N1CCCc2ccccc2C1. The van der Waals surface area contributed by atoms with Gasteiger partial charge in [-0.3, -0.25) is 4.99 Å². The number of aliphatic imine (C=N–C) groups is 1. The molecular formula is C15H23N3. The van der Waals surface area contributed by atoms with E-state index in [0.717, 1.165) is 32.5 Å². The van der Waals surface area contributed by atoms with Crippen molar-refractivity contribution in [2.24, 2.45) is 16.6 Å². The summed E-state index contributed by atoms with van der Waals surface area (Å²) in [5.74, 6) is 1.25. The zero-order chi connectivity index (χ0) is 13.0. The lowest BCUT2D eigenvalue weighted by atomic mass is 10.0. The zero-order valence-electron chi connectivity index (χ0n) is 11.4. The van der Waals surface area contributed by atoms with Gasteiger partial charge in [0, 0.05) is 19.6 Å². The lowest BCUT2D eigenvalue weighted by Crippen LogP contribution is -2.37. The van der Waals surface area contributed by atoms with Crippen molar-refractivity contribution in [1.29, 1.82) is 0 Å². The fourth-order valence-corrected chi connectivity index (χ4v) is 2.27. The van der Waals surface area contributed by atoms with Gasteiger partial charge in [-0.15, -0.1) is 0 Å². The number of benzene rings is 1. The minimum absolute atomic E-state index is 0.558. The molecular weight excluding hydrogens is 222 g/mol. The first-order valence-corrected chi connectivity index (χ1v) is 6.78. The highest BCUT2D eigenvalue weighted by molar-refractivity contribution is 5.78. The second-order valence-electron chi connectivity index (χ2n) is 5.39. The maximum absolute atomic E-state index is 6.10. The molecule has 3 nitrogen and oxygen atoms in total. The van der Waals surface area contributed by atoms with Crippen LogP contribution in [0.3, 0.4) is 0 Å². The number of rotatable bonds is 2. The van der Waals surface area contributed by atoms with E-state index < -0.39 is 0 Å². The van der Waals surface area contributed by atoms with Crippen LogP contribution >= 0.6 is 0 Å². The van der Waals surface area contributed by atoms with E-state index in [1.54, 1.807) is 0 Å². The Kier molecular flexibility index (Phi) is 4.24. The van der Waals surface area contributed by atoms with E-state index in [4.69, 9.17) is 5.73 Å². The highest BCUT2D eigenvalue weighted by Gasteiger charge is 2.15. The largest absolute Gasteiger partial charge is 0.370 e. The molecule has 0 spiro atoms. The molecule has 18 heavy (non-hydrogen) atoms. The molecule has 0 bridgehead atoms. The van der Waals surface area contributed by atoms with Crippen molar-refractivity contribution < 1.29 is 0 Å². The molecule has 0 aromatic heterocycles. The van der Waals surface area contributed by atoms with Gasteiger partial charge in [-0.25, -0.2) is 0 Å². The highest BCUT2D eigenvalue weighted by atomic mass is 15.2.